The number of rotatable bonds is 5. The van der Waals surface area contributed by atoms with Crippen LogP contribution in [0.3, 0.4) is 0 Å². The monoisotopic (exact) mass is 253 g/mol. The molecule has 0 aromatic heterocycles. The van der Waals surface area contributed by atoms with E-state index in [0.717, 1.165) is 0 Å². The largest absolute Gasteiger partial charge is 0.465 e. The Kier molecular flexibility index (Phi) is 3.93. The second kappa shape index (κ2) is 5.29. The summed E-state index contributed by atoms with van der Waals surface area (Å²) < 4.78 is 4.93. The summed E-state index contributed by atoms with van der Waals surface area (Å²) >= 11 is 0. The molecule has 2 saturated carbocycles. The van der Waals surface area contributed by atoms with Gasteiger partial charge in [0.15, 0.2) is 0 Å². The first kappa shape index (κ1) is 13.4. The molecular weight excluding hydrogens is 230 g/mol. The third kappa shape index (κ3) is 2.52. The molecule has 0 radical (unpaired) electrons. The Balaban J connectivity index is 1.93. The topological polar surface area (TPSA) is 46.6 Å². The van der Waals surface area contributed by atoms with Crippen molar-refractivity contribution in [1.29, 1.82) is 0 Å². The van der Waals surface area contributed by atoms with Gasteiger partial charge in [-0.15, -0.1) is 0 Å². The van der Waals surface area contributed by atoms with Crippen LogP contribution < -0.4 is 0 Å². The Labute approximate surface area is 109 Å². The highest BCUT2D eigenvalue weighted by Gasteiger charge is 2.57. The molecule has 0 aliphatic heterocycles. The normalized spacial score (nSPS) is 29.0. The van der Waals surface area contributed by atoms with E-state index in [0.29, 0.717) is 18.4 Å². The molecule has 2 rings (SSSR count). The fourth-order valence-electron chi connectivity index (χ4n) is 3.24. The highest BCUT2D eigenvalue weighted by molar-refractivity contribution is 5.86. The zero-order valence-corrected chi connectivity index (χ0v) is 11.5. The first-order valence-corrected chi connectivity index (χ1v) is 7.02. The number of ether oxygens (including phenoxy) is 1. The molecule has 0 spiro atoms. The summed E-state index contributed by atoms with van der Waals surface area (Å²) in [6.07, 6.45) is 3.64. The molecule has 0 N–H and O–H groups in total. The van der Waals surface area contributed by atoms with E-state index in [4.69, 9.17) is 4.74 Å². The van der Waals surface area contributed by atoms with Gasteiger partial charge in [0.2, 0.25) is 5.91 Å². The van der Waals surface area contributed by atoms with Gasteiger partial charge >= 0.3 is 5.97 Å². The molecule has 2 fully saturated rings. The maximum atomic E-state index is 12.4. The van der Waals surface area contributed by atoms with Gasteiger partial charge in [0.1, 0.15) is 6.54 Å². The van der Waals surface area contributed by atoms with E-state index < -0.39 is 0 Å². The molecule has 0 aromatic rings. The third-order valence-electron chi connectivity index (χ3n) is 4.20. The average Bonchev–Trinajstić information content (AvgIpc) is 2.78. The van der Waals surface area contributed by atoms with Gasteiger partial charge < -0.3 is 9.64 Å². The van der Waals surface area contributed by atoms with Crippen LogP contribution in [-0.2, 0) is 14.3 Å². The fraction of sp³-hybridized carbons (Fsp3) is 0.857. The van der Waals surface area contributed by atoms with Gasteiger partial charge in [-0.05, 0) is 45.4 Å². The summed E-state index contributed by atoms with van der Waals surface area (Å²) in [5.74, 6) is 1.25. The molecule has 2 atom stereocenters. The van der Waals surface area contributed by atoms with E-state index >= 15 is 0 Å². The Morgan fingerprint density at radius 1 is 1.28 bits per heavy atom. The van der Waals surface area contributed by atoms with E-state index in [9.17, 15) is 9.59 Å². The fourth-order valence-corrected chi connectivity index (χ4v) is 3.24. The summed E-state index contributed by atoms with van der Waals surface area (Å²) in [7, 11) is 0. The van der Waals surface area contributed by atoms with E-state index in [2.05, 4.69) is 0 Å². The van der Waals surface area contributed by atoms with Gasteiger partial charge in [-0.25, -0.2) is 0 Å². The van der Waals surface area contributed by atoms with E-state index in [1.165, 1.54) is 19.3 Å². The Hall–Kier alpha value is -1.06. The quantitative estimate of drug-likeness (QED) is 0.702. The summed E-state index contributed by atoms with van der Waals surface area (Å²) in [5.41, 5.74) is 0. The lowest BCUT2D eigenvalue weighted by Crippen LogP contribution is -2.42. The third-order valence-corrected chi connectivity index (χ3v) is 4.20. The molecule has 18 heavy (non-hydrogen) atoms. The zero-order valence-electron chi connectivity index (χ0n) is 11.5. The molecule has 2 aliphatic rings. The van der Waals surface area contributed by atoms with E-state index in [1.54, 1.807) is 11.8 Å². The molecule has 2 aliphatic carbocycles. The van der Waals surface area contributed by atoms with Gasteiger partial charge in [0.25, 0.3) is 0 Å². The molecule has 0 saturated heterocycles. The zero-order chi connectivity index (χ0) is 13.3. The lowest BCUT2D eigenvalue weighted by molar-refractivity contribution is -0.150. The minimum atomic E-state index is -0.301. The van der Waals surface area contributed by atoms with Crippen LogP contribution in [0, 0.1) is 17.8 Å². The second-order valence-electron chi connectivity index (χ2n) is 5.65. The number of hydrogen-bond acceptors (Lipinski definition) is 3. The maximum Gasteiger partial charge on any atom is 0.325 e. The van der Waals surface area contributed by atoms with Gasteiger partial charge in [-0.3, -0.25) is 9.59 Å². The molecule has 4 heteroatoms. The van der Waals surface area contributed by atoms with Crippen molar-refractivity contribution in [2.24, 2.45) is 17.8 Å². The molecule has 0 heterocycles. The van der Waals surface area contributed by atoms with Crippen molar-refractivity contribution in [2.45, 2.75) is 46.1 Å². The number of carbonyl (C=O) groups is 2. The lowest BCUT2D eigenvalue weighted by atomic mass is 10.1. The molecule has 0 aromatic carbocycles. The van der Waals surface area contributed by atoms with E-state index in [-0.39, 0.29) is 30.4 Å². The van der Waals surface area contributed by atoms with Crippen LogP contribution in [0.5, 0.6) is 0 Å². The van der Waals surface area contributed by atoms with Gasteiger partial charge in [-0.2, -0.15) is 0 Å². The van der Waals surface area contributed by atoms with Crippen molar-refractivity contribution in [3.63, 3.8) is 0 Å². The maximum absolute atomic E-state index is 12.4. The smallest absolute Gasteiger partial charge is 0.325 e. The Bertz CT molecular complexity index is 330. The molecule has 1 amide bonds. The molecule has 102 valence electrons. The predicted octanol–water partition coefficient (Wildman–Crippen LogP) is 1.83. The first-order valence-electron chi connectivity index (χ1n) is 7.02. The highest BCUT2D eigenvalue weighted by atomic mass is 16.5. The molecule has 2 unspecified atom stereocenters. The van der Waals surface area contributed by atoms with Crippen molar-refractivity contribution >= 4 is 11.9 Å². The standard InChI is InChI=1S/C14H23NO3/c1-4-18-12(16)8-15(9(2)3)14(17)13-10-6-5-7-11(10)13/h9-11,13H,4-8H2,1-3H3. The number of amides is 1. The number of esters is 1. The number of carbonyl (C=O) groups excluding carboxylic acids is 2. The predicted molar refractivity (Wildman–Crippen MR) is 67.8 cm³/mol. The molecular formula is C14H23NO3. The van der Waals surface area contributed by atoms with Crippen LogP contribution >= 0.6 is 0 Å². The number of hydrogen-bond donors (Lipinski definition) is 0. The summed E-state index contributed by atoms with van der Waals surface area (Å²) in [5, 5.41) is 0. The van der Waals surface area contributed by atoms with Crippen LogP contribution in [0.15, 0.2) is 0 Å². The molecule has 4 nitrogen and oxygen atoms in total. The summed E-state index contributed by atoms with van der Waals surface area (Å²) in [4.78, 5) is 25.6. The lowest BCUT2D eigenvalue weighted by Gasteiger charge is -2.26. The van der Waals surface area contributed by atoms with Crippen LogP contribution in [0.25, 0.3) is 0 Å². The SMILES string of the molecule is CCOC(=O)CN(C(=O)C1C2CCCC21)C(C)C. The van der Waals surface area contributed by atoms with Crippen LogP contribution in [0.4, 0.5) is 0 Å². The first-order chi connectivity index (χ1) is 8.56. The van der Waals surface area contributed by atoms with Crippen molar-refractivity contribution in [3.05, 3.63) is 0 Å². The minimum absolute atomic E-state index is 0.0585. The summed E-state index contributed by atoms with van der Waals surface area (Å²) in [6.45, 7) is 6.16. The van der Waals surface area contributed by atoms with Gasteiger partial charge in [0, 0.05) is 12.0 Å². The van der Waals surface area contributed by atoms with Crippen LogP contribution in [-0.4, -0.2) is 36.0 Å². The Morgan fingerprint density at radius 3 is 2.39 bits per heavy atom. The second-order valence-corrected chi connectivity index (χ2v) is 5.65. The van der Waals surface area contributed by atoms with Crippen molar-refractivity contribution in [1.82, 2.24) is 4.90 Å². The summed E-state index contributed by atoms with van der Waals surface area (Å²) in [6, 6.07) is 0.0585. The van der Waals surface area contributed by atoms with E-state index in [1.807, 2.05) is 13.8 Å². The number of nitrogens with zero attached hydrogens (tertiary/aromatic N) is 1. The van der Waals surface area contributed by atoms with Crippen molar-refractivity contribution < 1.29 is 14.3 Å². The molecule has 0 bridgehead atoms. The average molecular weight is 253 g/mol. The highest BCUT2D eigenvalue weighted by Crippen LogP contribution is 2.58. The minimum Gasteiger partial charge on any atom is -0.465 e. The van der Waals surface area contributed by atoms with Gasteiger partial charge in [-0.1, -0.05) is 6.42 Å². The van der Waals surface area contributed by atoms with Gasteiger partial charge in [0.05, 0.1) is 6.61 Å². The van der Waals surface area contributed by atoms with Crippen molar-refractivity contribution in [2.75, 3.05) is 13.2 Å². The van der Waals surface area contributed by atoms with Crippen molar-refractivity contribution in [3.8, 4) is 0 Å². The van der Waals surface area contributed by atoms with Crippen LogP contribution in [0.1, 0.15) is 40.0 Å². The Morgan fingerprint density at radius 2 is 1.89 bits per heavy atom. The van der Waals surface area contributed by atoms with Crippen LogP contribution in [0.2, 0.25) is 0 Å². The number of fused-ring (bicyclic) bond motifs is 1.